The molecular weight excluding hydrogens is 375 g/mol. The van der Waals surface area contributed by atoms with Crippen molar-refractivity contribution in [3.8, 4) is 0 Å². The Balaban J connectivity index is 2.43. The van der Waals surface area contributed by atoms with Crippen LogP contribution in [0, 0.1) is 17.8 Å². The van der Waals surface area contributed by atoms with Gasteiger partial charge in [-0.2, -0.15) is 13.2 Å². The summed E-state index contributed by atoms with van der Waals surface area (Å²) in [7, 11) is 0. The van der Waals surface area contributed by atoms with E-state index < -0.39 is 28.1 Å². The van der Waals surface area contributed by atoms with Crippen molar-refractivity contribution in [2.75, 3.05) is 4.90 Å². The van der Waals surface area contributed by atoms with E-state index in [4.69, 9.17) is 0 Å². The summed E-state index contributed by atoms with van der Waals surface area (Å²) >= 11 is 0. The van der Waals surface area contributed by atoms with Crippen molar-refractivity contribution in [2.45, 2.75) is 60.2 Å². The molecule has 0 saturated carbocycles. The molecule has 0 aliphatic carbocycles. The van der Waals surface area contributed by atoms with Gasteiger partial charge in [-0.25, -0.2) is 0 Å². The summed E-state index contributed by atoms with van der Waals surface area (Å²) in [6.07, 6.45) is -4.48. The monoisotopic (exact) mass is 403 g/mol. The van der Waals surface area contributed by atoms with Crippen LogP contribution in [0.1, 0.15) is 68.6 Å². The number of carbonyl (C=O) groups is 1. The molecule has 0 bridgehead atoms. The van der Waals surface area contributed by atoms with Gasteiger partial charge in [0.25, 0.3) is 5.91 Å². The zero-order valence-electron chi connectivity index (χ0n) is 18.0. The molecule has 3 rings (SSSR count). The Hall–Kier alpha value is -2.30. The van der Waals surface area contributed by atoms with Crippen LogP contribution in [0.3, 0.4) is 0 Å². The van der Waals surface area contributed by atoms with E-state index in [1.165, 1.54) is 0 Å². The standard InChI is InChI=1S/C24H28F3NO/c1-15-12-16(24(25,26)27)14-17(13-15)28-20(29)18-10-8-9-11-19(18)23(28,21(2,3)4)22(5,6)7/h8-14H,1-7H3. The van der Waals surface area contributed by atoms with Crippen LogP contribution in [0.15, 0.2) is 42.5 Å². The zero-order chi connectivity index (χ0) is 22.0. The molecule has 29 heavy (non-hydrogen) atoms. The quantitative estimate of drug-likeness (QED) is 0.504. The van der Waals surface area contributed by atoms with Gasteiger partial charge in [-0.1, -0.05) is 59.7 Å². The highest BCUT2D eigenvalue weighted by molar-refractivity contribution is 6.12. The minimum absolute atomic E-state index is 0.260. The van der Waals surface area contributed by atoms with Crippen LogP contribution in [0.2, 0.25) is 0 Å². The van der Waals surface area contributed by atoms with Gasteiger partial charge in [0.15, 0.2) is 0 Å². The number of alkyl halides is 3. The third-order valence-electron chi connectivity index (χ3n) is 5.90. The van der Waals surface area contributed by atoms with Crippen LogP contribution in [-0.4, -0.2) is 5.91 Å². The lowest BCUT2D eigenvalue weighted by Gasteiger charge is -2.56. The van der Waals surface area contributed by atoms with Crippen molar-refractivity contribution in [1.29, 1.82) is 0 Å². The molecule has 0 aromatic heterocycles. The first-order chi connectivity index (χ1) is 13.1. The van der Waals surface area contributed by atoms with Crippen LogP contribution < -0.4 is 4.90 Å². The minimum Gasteiger partial charge on any atom is -0.297 e. The van der Waals surface area contributed by atoms with Gasteiger partial charge in [0.1, 0.15) is 0 Å². The second-order valence-electron chi connectivity index (χ2n) is 9.95. The van der Waals surface area contributed by atoms with Crippen LogP contribution in [0.25, 0.3) is 0 Å². The third kappa shape index (κ3) is 3.06. The largest absolute Gasteiger partial charge is 0.416 e. The number of fused-ring (bicyclic) bond motifs is 1. The smallest absolute Gasteiger partial charge is 0.297 e. The van der Waals surface area contributed by atoms with E-state index in [9.17, 15) is 18.0 Å². The van der Waals surface area contributed by atoms with E-state index in [2.05, 4.69) is 0 Å². The molecule has 1 heterocycles. The number of hydrogen-bond donors (Lipinski definition) is 0. The average Bonchev–Trinajstić information content (AvgIpc) is 2.83. The fourth-order valence-corrected chi connectivity index (χ4v) is 5.35. The highest BCUT2D eigenvalue weighted by atomic mass is 19.4. The third-order valence-corrected chi connectivity index (χ3v) is 5.90. The summed E-state index contributed by atoms with van der Waals surface area (Å²) in [5.41, 5.74) is -0.311. The number of hydrogen-bond acceptors (Lipinski definition) is 1. The molecule has 0 fully saturated rings. The Morgan fingerprint density at radius 3 is 1.93 bits per heavy atom. The van der Waals surface area contributed by atoms with Gasteiger partial charge in [0, 0.05) is 11.3 Å². The van der Waals surface area contributed by atoms with E-state index in [1.807, 2.05) is 53.7 Å². The van der Waals surface area contributed by atoms with Crippen molar-refractivity contribution in [3.63, 3.8) is 0 Å². The molecule has 2 aromatic carbocycles. The van der Waals surface area contributed by atoms with Gasteiger partial charge in [-0.3, -0.25) is 9.69 Å². The Kier molecular flexibility index (Phi) is 4.69. The molecule has 2 aromatic rings. The predicted molar refractivity (Wildman–Crippen MR) is 110 cm³/mol. The minimum atomic E-state index is -4.48. The second-order valence-corrected chi connectivity index (χ2v) is 9.95. The van der Waals surface area contributed by atoms with Crippen molar-refractivity contribution in [3.05, 3.63) is 64.7 Å². The Labute approximate surface area is 170 Å². The van der Waals surface area contributed by atoms with E-state index in [0.717, 1.165) is 17.7 Å². The molecule has 0 N–H and O–H groups in total. The average molecular weight is 403 g/mol. The summed E-state index contributed by atoms with van der Waals surface area (Å²) in [5, 5.41) is 0. The number of anilines is 1. The first kappa shape index (κ1) is 21.4. The van der Waals surface area contributed by atoms with Gasteiger partial charge < -0.3 is 0 Å². The highest BCUT2D eigenvalue weighted by Gasteiger charge is 2.62. The van der Waals surface area contributed by atoms with Crippen LogP contribution in [0.4, 0.5) is 18.9 Å². The van der Waals surface area contributed by atoms with Crippen LogP contribution >= 0.6 is 0 Å². The van der Waals surface area contributed by atoms with Gasteiger partial charge in [0.05, 0.1) is 11.1 Å². The van der Waals surface area contributed by atoms with Crippen molar-refractivity contribution in [2.24, 2.45) is 10.8 Å². The maximum Gasteiger partial charge on any atom is 0.416 e. The topological polar surface area (TPSA) is 20.3 Å². The second kappa shape index (κ2) is 6.35. The fraction of sp³-hybridized carbons (Fsp3) is 0.458. The number of amides is 1. The molecule has 5 heteroatoms. The lowest BCUT2D eigenvalue weighted by molar-refractivity contribution is -0.137. The van der Waals surface area contributed by atoms with Crippen molar-refractivity contribution >= 4 is 11.6 Å². The Morgan fingerprint density at radius 1 is 0.862 bits per heavy atom. The zero-order valence-corrected chi connectivity index (χ0v) is 18.0. The van der Waals surface area contributed by atoms with Gasteiger partial charge in [-0.15, -0.1) is 0 Å². The van der Waals surface area contributed by atoms with E-state index >= 15 is 0 Å². The first-order valence-corrected chi connectivity index (χ1v) is 9.75. The van der Waals surface area contributed by atoms with Gasteiger partial charge in [0.2, 0.25) is 0 Å². The summed E-state index contributed by atoms with van der Waals surface area (Å²) in [6.45, 7) is 13.9. The van der Waals surface area contributed by atoms with Gasteiger partial charge in [-0.05, 0) is 53.1 Å². The molecule has 0 spiro atoms. The molecular formula is C24H28F3NO. The Bertz CT molecular complexity index is 947. The molecule has 0 radical (unpaired) electrons. The molecule has 0 unspecified atom stereocenters. The van der Waals surface area contributed by atoms with Crippen molar-refractivity contribution < 1.29 is 18.0 Å². The fourth-order valence-electron chi connectivity index (χ4n) is 5.35. The van der Waals surface area contributed by atoms with Crippen LogP contribution in [-0.2, 0) is 11.7 Å². The molecule has 0 atom stereocenters. The molecule has 1 aliphatic rings. The SMILES string of the molecule is Cc1cc(N2C(=O)c3ccccc3C2(C(C)(C)C)C(C)(C)C)cc(C(F)(F)F)c1. The summed E-state index contributed by atoms with van der Waals surface area (Å²) in [6, 6.07) is 11.3. The maximum absolute atomic E-state index is 13.6. The number of nitrogens with zero attached hydrogens (tertiary/aromatic N) is 1. The molecule has 2 nitrogen and oxygen atoms in total. The number of halogens is 3. The molecule has 0 saturated heterocycles. The van der Waals surface area contributed by atoms with Crippen molar-refractivity contribution in [1.82, 2.24) is 0 Å². The first-order valence-electron chi connectivity index (χ1n) is 9.75. The van der Waals surface area contributed by atoms with Gasteiger partial charge >= 0.3 is 6.18 Å². The summed E-state index contributed by atoms with van der Waals surface area (Å²) < 4.78 is 40.7. The maximum atomic E-state index is 13.6. The van der Waals surface area contributed by atoms with E-state index in [-0.39, 0.29) is 11.6 Å². The number of benzene rings is 2. The lowest BCUT2D eigenvalue weighted by Crippen LogP contribution is -2.60. The molecule has 1 aliphatic heterocycles. The number of carbonyl (C=O) groups excluding carboxylic acids is 1. The summed E-state index contributed by atoms with van der Waals surface area (Å²) in [5.74, 6) is -0.260. The summed E-state index contributed by atoms with van der Waals surface area (Å²) in [4.78, 5) is 15.2. The molecule has 156 valence electrons. The lowest BCUT2D eigenvalue weighted by atomic mass is 9.57. The Morgan fingerprint density at radius 2 is 1.41 bits per heavy atom. The highest BCUT2D eigenvalue weighted by Crippen LogP contribution is 2.60. The van der Waals surface area contributed by atoms with E-state index in [0.29, 0.717) is 11.1 Å². The predicted octanol–water partition coefficient (Wildman–Crippen LogP) is 6.96. The molecule has 1 amide bonds. The normalized spacial score (nSPS) is 16.9. The van der Waals surface area contributed by atoms with E-state index in [1.54, 1.807) is 30.0 Å². The van der Waals surface area contributed by atoms with Crippen LogP contribution in [0.5, 0.6) is 0 Å². The number of rotatable bonds is 1. The number of aryl methyl sites for hydroxylation is 1.